The summed E-state index contributed by atoms with van der Waals surface area (Å²) in [7, 11) is 1.50. The van der Waals surface area contributed by atoms with Crippen molar-refractivity contribution in [2.45, 2.75) is 44.2 Å². The molecule has 6 nitrogen and oxygen atoms in total. The Hall–Kier alpha value is -1.47. The van der Waals surface area contributed by atoms with Crippen LogP contribution < -0.4 is 0 Å². The number of carboxylic acid groups (broad SMARTS) is 1. The zero-order valence-electron chi connectivity index (χ0n) is 11.9. The van der Waals surface area contributed by atoms with Gasteiger partial charge in [-0.15, -0.1) is 0 Å². The summed E-state index contributed by atoms with van der Waals surface area (Å²) in [5.41, 5.74) is 0.489. The van der Waals surface area contributed by atoms with Gasteiger partial charge in [-0.1, -0.05) is 0 Å². The molecule has 2 heterocycles. The third kappa shape index (κ3) is 1.83. The summed E-state index contributed by atoms with van der Waals surface area (Å²) >= 11 is 0. The van der Waals surface area contributed by atoms with Gasteiger partial charge in [0.05, 0.1) is 12.1 Å². The molecular formula is C14H18FNO5. The Morgan fingerprint density at radius 1 is 1.48 bits per heavy atom. The Kier molecular flexibility index (Phi) is 3.11. The minimum atomic E-state index is -2.64. The van der Waals surface area contributed by atoms with Crippen molar-refractivity contribution in [1.82, 2.24) is 4.90 Å². The van der Waals surface area contributed by atoms with Crippen LogP contribution in [-0.2, 0) is 14.3 Å². The van der Waals surface area contributed by atoms with Crippen molar-refractivity contribution in [3.05, 3.63) is 11.3 Å². The van der Waals surface area contributed by atoms with E-state index in [1.807, 2.05) is 0 Å². The van der Waals surface area contributed by atoms with Gasteiger partial charge in [0.2, 0.25) is 11.8 Å². The molecule has 1 saturated carbocycles. The average molecular weight is 299 g/mol. The Morgan fingerprint density at radius 2 is 2.14 bits per heavy atom. The fraction of sp³-hybridized carbons (Fsp3) is 0.714. The topological polar surface area (TPSA) is 87.1 Å². The lowest BCUT2D eigenvalue weighted by atomic mass is 9.71. The van der Waals surface area contributed by atoms with Crippen molar-refractivity contribution >= 4 is 11.9 Å². The highest BCUT2D eigenvalue weighted by molar-refractivity contribution is 6.00. The van der Waals surface area contributed by atoms with Crippen LogP contribution in [0.3, 0.4) is 0 Å². The molecule has 1 amide bonds. The number of rotatable bonds is 3. The largest absolute Gasteiger partial charge is 0.477 e. The second-order valence-electron chi connectivity index (χ2n) is 6.07. The number of amides is 1. The third-order valence-corrected chi connectivity index (χ3v) is 4.85. The number of nitrogens with zero attached hydrogens (tertiary/aromatic N) is 1. The summed E-state index contributed by atoms with van der Waals surface area (Å²) in [6, 6.07) is -0.614. The standard InChI is InChI=1S/C14H18FNO5/c1-14(15,20)9-10-6-4-3-5-7(21-2)8(6)11(13(18)19)16(10)12(9)17/h6-7,9-10,20H,3-5H2,1-2H3,(H,18,19)/t6-,7-,9?,10+,14+/m0/s1. The van der Waals surface area contributed by atoms with Gasteiger partial charge in [-0.3, -0.25) is 4.79 Å². The number of β-lactam (4-membered cyclic amide) rings is 1. The number of methoxy groups -OCH3 is 1. The smallest absolute Gasteiger partial charge is 0.352 e. The number of hydrogen-bond acceptors (Lipinski definition) is 4. The summed E-state index contributed by atoms with van der Waals surface area (Å²) in [6.07, 6.45) is 1.81. The number of halogens is 1. The number of alkyl halides is 1. The van der Waals surface area contributed by atoms with Gasteiger partial charge < -0.3 is 19.8 Å². The van der Waals surface area contributed by atoms with Crippen LogP contribution in [0.1, 0.15) is 26.2 Å². The van der Waals surface area contributed by atoms with Crippen LogP contribution >= 0.6 is 0 Å². The fourth-order valence-electron chi connectivity index (χ4n) is 4.08. The Balaban J connectivity index is 2.05. The molecule has 0 aromatic carbocycles. The van der Waals surface area contributed by atoms with Gasteiger partial charge in [0, 0.05) is 13.0 Å². The number of ether oxygens (including phenoxy) is 1. The van der Waals surface area contributed by atoms with Crippen molar-refractivity contribution < 1.29 is 28.9 Å². The molecule has 3 aliphatic rings. The minimum absolute atomic E-state index is 0.0814. The molecule has 0 aromatic rings. The van der Waals surface area contributed by atoms with Crippen molar-refractivity contribution in [1.29, 1.82) is 0 Å². The highest BCUT2D eigenvalue weighted by atomic mass is 19.2. The van der Waals surface area contributed by atoms with E-state index in [2.05, 4.69) is 0 Å². The van der Waals surface area contributed by atoms with Crippen LogP contribution in [0.5, 0.6) is 0 Å². The predicted octanol–water partition coefficient (Wildman–Crippen LogP) is 0.659. The maximum absolute atomic E-state index is 13.9. The lowest BCUT2D eigenvalue weighted by Crippen LogP contribution is -2.66. The molecular weight excluding hydrogens is 281 g/mol. The summed E-state index contributed by atoms with van der Waals surface area (Å²) in [6.45, 7) is 0.946. The van der Waals surface area contributed by atoms with E-state index >= 15 is 0 Å². The quantitative estimate of drug-likeness (QED) is 0.748. The third-order valence-electron chi connectivity index (χ3n) is 4.85. The maximum Gasteiger partial charge on any atom is 0.352 e. The van der Waals surface area contributed by atoms with E-state index in [4.69, 9.17) is 4.74 Å². The molecule has 21 heavy (non-hydrogen) atoms. The van der Waals surface area contributed by atoms with Gasteiger partial charge in [0.1, 0.15) is 11.6 Å². The summed E-state index contributed by atoms with van der Waals surface area (Å²) in [5.74, 6) is -5.96. The first-order valence-corrected chi connectivity index (χ1v) is 7.03. The fourth-order valence-corrected chi connectivity index (χ4v) is 4.08. The average Bonchev–Trinajstić information content (AvgIpc) is 2.67. The lowest BCUT2D eigenvalue weighted by molar-refractivity contribution is -0.199. The molecule has 0 bridgehead atoms. The van der Waals surface area contributed by atoms with Gasteiger partial charge in [0.15, 0.2) is 0 Å². The van der Waals surface area contributed by atoms with Gasteiger partial charge in [-0.05, 0) is 31.8 Å². The van der Waals surface area contributed by atoms with Crippen LogP contribution in [0.25, 0.3) is 0 Å². The lowest BCUT2D eigenvalue weighted by Gasteiger charge is -2.49. The number of aliphatic carboxylic acids is 1. The second-order valence-corrected chi connectivity index (χ2v) is 6.07. The molecule has 2 N–H and O–H groups in total. The van der Waals surface area contributed by atoms with Crippen LogP contribution in [0.2, 0.25) is 0 Å². The van der Waals surface area contributed by atoms with Gasteiger partial charge in [0.25, 0.3) is 0 Å². The molecule has 0 spiro atoms. The van der Waals surface area contributed by atoms with E-state index in [0.29, 0.717) is 18.4 Å². The monoisotopic (exact) mass is 299 g/mol. The highest BCUT2D eigenvalue weighted by Gasteiger charge is 2.66. The van der Waals surface area contributed by atoms with Gasteiger partial charge >= 0.3 is 5.97 Å². The van der Waals surface area contributed by atoms with Crippen LogP contribution in [0.15, 0.2) is 11.3 Å². The SMILES string of the molecule is CO[C@H]1CCC[C@H]2C1=C(C(=O)O)N1C(=O)C([C@@](C)(O)F)[C@@H]21. The molecule has 1 aliphatic carbocycles. The maximum atomic E-state index is 13.9. The normalized spacial score (nSPS) is 37.7. The molecule has 7 heteroatoms. The predicted molar refractivity (Wildman–Crippen MR) is 68.7 cm³/mol. The van der Waals surface area contributed by atoms with Crippen LogP contribution in [-0.4, -0.2) is 52.1 Å². The van der Waals surface area contributed by atoms with Crippen molar-refractivity contribution in [2.75, 3.05) is 7.11 Å². The number of aliphatic hydroxyl groups is 1. The summed E-state index contributed by atoms with van der Waals surface area (Å²) < 4.78 is 19.3. The van der Waals surface area contributed by atoms with E-state index in [0.717, 1.165) is 18.2 Å². The molecule has 1 saturated heterocycles. The summed E-state index contributed by atoms with van der Waals surface area (Å²) in [5, 5.41) is 19.0. The van der Waals surface area contributed by atoms with E-state index in [-0.39, 0.29) is 17.7 Å². The van der Waals surface area contributed by atoms with E-state index in [1.165, 1.54) is 7.11 Å². The van der Waals surface area contributed by atoms with E-state index < -0.39 is 29.7 Å². The Bertz CT molecular complexity index is 538. The number of hydrogen-bond donors (Lipinski definition) is 2. The molecule has 3 rings (SSSR count). The number of carbonyl (C=O) groups is 2. The number of carboxylic acids is 1. The molecule has 116 valence electrons. The van der Waals surface area contributed by atoms with Gasteiger partial charge in [-0.2, -0.15) is 0 Å². The summed E-state index contributed by atoms with van der Waals surface area (Å²) in [4.78, 5) is 24.8. The minimum Gasteiger partial charge on any atom is -0.477 e. The Morgan fingerprint density at radius 3 is 2.67 bits per heavy atom. The van der Waals surface area contributed by atoms with Gasteiger partial charge in [-0.25, -0.2) is 9.18 Å². The number of fused-ring (bicyclic) bond motifs is 3. The molecule has 1 unspecified atom stereocenters. The molecule has 0 aromatic heterocycles. The zero-order valence-corrected chi connectivity index (χ0v) is 11.9. The van der Waals surface area contributed by atoms with Crippen LogP contribution in [0.4, 0.5) is 4.39 Å². The highest BCUT2D eigenvalue weighted by Crippen LogP contribution is 2.54. The second kappa shape index (κ2) is 4.51. The van der Waals surface area contributed by atoms with E-state index in [1.54, 1.807) is 0 Å². The first-order chi connectivity index (χ1) is 9.79. The zero-order chi connectivity index (χ0) is 15.5. The van der Waals surface area contributed by atoms with Crippen molar-refractivity contribution in [3.63, 3.8) is 0 Å². The first kappa shape index (κ1) is 14.5. The molecule has 2 aliphatic heterocycles. The van der Waals surface area contributed by atoms with Crippen LogP contribution in [0, 0.1) is 11.8 Å². The first-order valence-electron chi connectivity index (χ1n) is 7.03. The molecule has 5 atom stereocenters. The molecule has 0 radical (unpaired) electrons. The van der Waals surface area contributed by atoms with Crippen molar-refractivity contribution in [3.8, 4) is 0 Å². The number of carbonyl (C=O) groups excluding carboxylic acids is 1. The van der Waals surface area contributed by atoms with Crippen molar-refractivity contribution in [2.24, 2.45) is 11.8 Å². The molecule has 2 fully saturated rings. The Labute approximate surface area is 121 Å². The van der Waals surface area contributed by atoms with E-state index in [9.17, 15) is 24.2 Å².